The molecule has 1 saturated heterocycles. The quantitative estimate of drug-likeness (QED) is 0.815. The van der Waals surface area contributed by atoms with Gasteiger partial charge in [-0.15, -0.1) is 0 Å². The van der Waals surface area contributed by atoms with Crippen molar-refractivity contribution >= 4 is 23.0 Å². The lowest BCUT2D eigenvalue weighted by molar-refractivity contribution is 0.414. The van der Waals surface area contributed by atoms with E-state index in [9.17, 15) is 0 Å². The highest BCUT2D eigenvalue weighted by Crippen LogP contribution is 2.24. The van der Waals surface area contributed by atoms with Crippen LogP contribution in [0.5, 0.6) is 5.75 Å². The summed E-state index contributed by atoms with van der Waals surface area (Å²) in [6.45, 7) is 3.90. The molecular formula is C16H18ClN3O. The fourth-order valence-corrected chi connectivity index (χ4v) is 2.79. The highest BCUT2D eigenvalue weighted by Gasteiger charge is 2.18. The normalized spacial score (nSPS) is 15.1. The van der Waals surface area contributed by atoms with Crippen LogP contribution in [0.3, 0.4) is 0 Å². The van der Waals surface area contributed by atoms with Gasteiger partial charge < -0.3 is 14.5 Å². The molecule has 4 nitrogen and oxygen atoms in total. The van der Waals surface area contributed by atoms with E-state index in [0.29, 0.717) is 5.15 Å². The molecular weight excluding hydrogens is 286 g/mol. The molecule has 1 aromatic heterocycles. The number of anilines is 2. The number of piperazine rings is 1. The number of ether oxygens (including phenoxy) is 1. The highest BCUT2D eigenvalue weighted by atomic mass is 35.5. The van der Waals surface area contributed by atoms with Gasteiger partial charge in [0.05, 0.1) is 7.11 Å². The average molecular weight is 304 g/mol. The first kappa shape index (κ1) is 14.0. The Morgan fingerprint density at radius 3 is 2.29 bits per heavy atom. The van der Waals surface area contributed by atoms with Crippen molar-refractivity contribution in [3.8, 4) is 5.75 Å². The SMILES string of the molecule is COc1cccc(N2CCN(c3ccnc(Cl)c3)CC2)c1. The third-order valence-corrected chi connectivity index (χ3v) is 3.98. The van der Waals surface area contributed by atoms with Gasteiger partial charge in [0.25, 0.3) is 0 Å². The summed E-state index contributed by atoms with van der Waals surface area (Å²) < 4.78 is 5.29. The first-order chi connectivity index (χ1) is 10.3. The molecule has 1 aliphatic heterocycles. The van der Waals surface area contributed by atoms with Crippen LogP contribution in [0.4, 0.5) is 11.4 Å². The van der Waals surface area contributed by atoms with E-state index >= 15 is 0 Å². The Hall–Kier alpha value is -1.94. The maximum atomic E-state index is 5.96. The predicted molar refractivity (Wildman–Crippen MR) is 86.7 cm³/mol. The summed E-state index contributed by atoms with van der Waals surface area (Å²) in [7, 11) is 1.70. The van der Waals surface area contributed by atoms with Crippen LogP contribution in [-0.4, -0.2) is 38.3 Å². The molecule has 0 N–H and O–H groups in total. The average Bonchev–Trinajstić information content (AvgIpc) is 2.55. The molecule has 1 fully saturated rings. The van der Waals surface area contributed by atoms with Gasteiger partial charge in [-0.3, -0.25) is 0 Å². The Balaban J connectivity index is 1.67. The van der Waals surface area contributed by atoms with Crippen molar-refractivity contribution in [2.24, 2.45) is 0 Å². The molecule has 21 heavy (non-hydrogen) atoms. The molecule has 0 atom stereocenters. The van der Waals surface area contributed by atoms with E-state index in [1.165, 1.54) is 5.69 Å². The summed E-state index contributed by atoms with van der Waals surface area (Å²) in [4.78, 5) is 8.75. The summed E-state index contributed by atoms with van der Waals surface area (Å²) >= 11 is 5.96. The van der Waals surface area contributed by atoms with E-state index in [1.54, 1.807) is 13.3 Å². The van der Waals surface area contributed by atoms with Crippen LogP contribution in [0.2, 0.25) is 5.15 Å². The molecule has 1 aliphatic rings. The summed E-state index contributed by atoms with van der Waals surface area (Å²) in [5.41, 5.74) is 2.35. The number of halogens is 1. The van der Waals surface area contributed by atoms with Crippen molar-refractivity contribution in [3.05, 3.63) is 47.7 Å². The van der Waals surface area contributed by atoms with Crippen molar-refractivity contribution in [3.63, 3.8) is 0 Å². The molecule has 0 unspecified atom stereocenters. The molecule has 110 valence electrons. The van der Waals surface area contributed by atoms with Gasteiger partial charge >= 0.3 is 0 Å². The lowest BCUT2D eigenvalue weighted by atomic mass is 10.2. The van der Waals surface area contributed by atoms with Gasteiger partial charge in [-0.2, -0.15) is 0 Å². The van der Waals surface area contributed by atoms with E-state index in [2.05, 4.69) is 26.9 Å². The third-order valence-electron chi connectivity index (χ3n) is 3.77. The summed E-state index contributed by atoms with van der Waals surface area (Å²) in [6.07, 6.45) is 1.76. The standard InChI is InChI=1S/C16H18ClN3O/c1-21-15-4-2-3-13(11-15)19-7-9-20(10-8-19)14-5-6-18-16(17)12-14/h2-6,11-12H,7-10H2,1H3. The molecule has 0 spiro atoms. The number of benzene rings is 1. The summed E-state index contributed by atoms with van der Waals surface area (Å²) in [6, 6.07) is 12.1. The second kappa shape index (κ2) is 6.22. The Kier molecular flexibility index (Phi) is 4.15. The van der Waals surface area contributed by atoms with E-state index < -0.39 is 0 Å². The van der Waals surface area contributed by atoms with Gasteiger partial charge in [0.15, 0.2) is 0 Å². The zero-order valence-electron chi connectivity index (χ0n) is 12.0. The Morgan fingerprint density at radius 2 is 1.67 bits per heavy atom. The van der Waals surface area contributed by atoms with Gasteiger partial charge in [0, 0.05) is 49.8 Å². The molecule has 0 saturated carbocycles. The molecule has 1 aromatic carbocycles. The van der Waals surface area contributed by atoms with Gasteiger partial charge in [0.2, 0.25) is 0 Å². The fraction of sp³-hybridized carbons (Fsp3) is 0.312. The second-order valence-electron chi connectivity index (χ2n) is 5.01. The molecule has 2 aromatic rings. The van der Waals surface area contributed by atoms with E-state index in [0.717, 1.165) is 37.6 Å². The number of hydrogen-bond acceptors (Lipinski definition) is 4. The van der Waals surface area contributed by atoms with Crippen LogP contribution in [0.25, 0.3) is 0 Å². The zero-order chi connectivity index (χ0) is 14.7. The van der Waals surface area contributed by atoms with Crippen molar-refractivity contribution in [1.29, 1.82) is 0 Å². The first-order valence-electron chi connectivity index (χ1n) is 7.02. The van der Waals surface area contributed by atoms with Crippen molar-refractivity contribution in [2.45, 2.75) is 0 Å². The number of aromatic nitrogens is 1. The Morgan fingerprint density at radius 1 is 1.00 bits per heavy atom. The number of nitrogens with zero attached hydrogens (tertiary/aromatic N) is 3. The maximum Gasteiger partial charge on any atom is 0.131 e. The Bertz CT molecular complexity index is 612. The van der Waals surface area contributed by atoms with Crippen molar-refractivity contribution in [1.82, 2.24) is 4.98 Å². The monoisotopic (exact) mass is 303 g/mol. The lowest BCUT2D eigenvalue weighted by Gasteiger charge is -2.37. The molecule has 0 bridgehead atoms. The van der Waals surface area contributed by atoms with Crippen LogP contribution in [-0.2, 0) is 0 Å². The van der Waals surface area contributed by atoms with Crippen molar-refractivity contribution in [2.75, 3.05) is 43.1 Å². The van der Waals surface area contributed by atoms with Gasteiger partial charge in [0.1, 0.15) is 10.9 Å². The molecule has 0 aliphatic carbocycles. The third kappa shape index (κ3) is 3.22. The van der Waals surface area contributed by atoms with Gasteiger partial charge in [-0.1, -0.05) is 17.7 Å². The van der Waals surface area contributed by atoms with Gasteiger partial charge in [-0.25, -0.2) is 4.98 Å². The van der Waals surface area contributed by atoms with Crippen LogP contribution in [0, 0.1) is 0 Å². The number of methoxy groups -OCH3 is 1. The van der Waals surface area contributed by atoms with Crippen LogP contribution in [0.15, 0.2) is 42.6 Å². The van der Waals surface area contributed by atoms with Gasteiger partial charge in [-0.05, 0) is 24.3 Å². The van der Waals surface area contributed by atoms with E-state index in [1.807, 2.05) is 24.3 Å². The molecule has 5 heteroatoms. The maximum absolute atomic E-state index is 5.96. The smallest absolute Gasteiger partial charge is 0.131 e. The number of pyridine rings is 1. The highest BCUT2D eigenvalue weighted by molar-refractivity contribution is 6.29. The topological polar surface area (TPSA) is 28.6 Å². The first-order valence-corrected chi connectivity index (χ1v) is 7.39. The van der Waals surface area contributed by atoms with E-state index in [-0.39, 0.29) is 0 Å². The zero-order valence-corrected chi connectivity index (χ0v) is 12.8. The Labute approximate surface area is 129 Å². The van der Waals surface area contributed by atoms with Crippen molar-refractivity contribution < 1.29 is 4.74 Å². The largest absolute Gasteiger partial charge is 0.497 e. The minimum Gasteiger partial charge on any atom is -0.497 e. The molecule has 0 amide bonds. The summed E-state index contributed by atoms with van der Waals surface area (Å²) in [5, 5.41) is 0.544. The minimum absolute atomic E-state index is 0.544. The van der Waals surface area contributed by atoms with E-state index in [4.69, 9.17) is 16.3 Å². The van der Waals surface area contributed by atoms with Crippen LogP contribution >= 0.6 is 11.6 Å². The molecule has 2 heterocycles. The number of rotatable bonds is 3. The second-order valence-corrected chi connectivity index (χ2v) is 5.40. The van der Waals surface area contributed by atoms with Crippen LogP contribution in [0.1, 0.15) is 0 Å². The minimum atomic E-state index is 0.544. The predicted octanol–water partition coefficient (Wildman–Crippen LogP) is 3.07. The lowest BCUT2D eigenvalue weighted by Crippen LogP contribution is -2.46. The summed E-state index contributed by atoms with van der Waals surface area (Å²) in [5.74, 6) is 0.899. The van der Waals surface area contributed by atoms with Crippen LogP contribution < -0.4 is 14.5 Å². The number of hydrogen-bond donors (Lipinski definition) is 0. The fourth-order valence-electron chi connectivity index (χ4n) is 2.62. The molecule has 0 radical (unpaired) electrons. The molecule has 3 rings (SSSR count).